The van der Waals surface area contributed by atoms with Gasteiger partial charge < -0.3 is 9.64 Å². The Labute approximate surface area is 174 Å². The smallest absolute Gasteiger partial charge is 0.391 e. The fraction of sp³-hybridized carbons (Fsp3) is 0.208. The lowest BCUT2D eigenvalue weighted by molar-refractivity contribution is 0.0974. The molecule has 1 fully saturated rings. The summed E-state index contributed by atoms with van der Waals surface area (Å²) >= 11 is 0. The highest BCUT2D eigenvalue weighted by Crippen LogP contribution is 2.46. The third-order valence-corrected chi connectivity index (χ3v) is 5.79. The first kappa shape index (κ1) is 18.3. The van der Waals surface area contributed by atoms with Gasteiger partial charge in [0.15, 0.2) is 0 Å². The third kappa shape index (κ3) is 3.19. The molecule has 0 spiro atoms. The number of aromatic nitrogens is 1. The van der Waals surface area contributed by atoms with E-state index in [9.17, 15) is 4.79 Å². The van der Waals surface area contributed by atoms with Gasteiger partial charge in [0.25, 0.3) is 0 Å². The van der Waals surface area contributed by atoms with E-state index in [1.54, 1.807) is 11.0 Å². The van der Waals surface area contributed by atoms with E-state index < -0.39 is 6.09 Å². The van der Waals surface area contributed by atoms with Crippen LogP contribution in [0.2, 0.25) is 0 Å². The summed E-state index contributed by atoms with van der Waals surface area (Å²) in [4.78, 5) is 20.7. The average molecular weight is 396 g/mol. The largest absolute Gasteiger partial charge is 0.416 e. The molecule has 1 aromatic heterocycles. The molecule has 0 bridgehead atoms. The lowest BCUT2D eigenvalue weighted by Crippen LogP contribution is -2.50. The van der Waals surface area contributed by atoms with Crippen LogP contribution in [-0.2, 0) is 0 Å². The molecule has 5 rings (SSSR count). The number of rotatable bonds is 2. The fourth-order valence-electron chi connectivity index (χ4n) is 4.37. The Hall–Kier alpha value is -3.69. The first-order chi connectivity index (χ1) is 14.7. The maximum absolute atomic E-state index is 12.6. The Morgan fingerprint density at radius 2 is 1.60 bits per heavy atom. The van der Waals surface area contributed by atoms with Gasteiger partial charge in [-0.3, -0.25) is 4.90 Å². The van der Waals surface area contributed by atoms with Crippen LogP contribution in [0.5, 0.6) is 5.88 Å². The number of carbonyl (C=O) groups is 1. The summed E-state index contributed by atoms with van der Waals surface area (Å²) in [7, 11) is 0. The Morgan fingerprint density at radius 3 is 2.23 bits per heavy atom. The number of fused-ring (bicyclic) bond motifs is 3. The molecule has 2 aliphatic rings. The quantitative estimate of drug-likeness (QED) is 0.658. The van der Waals surface area contributed by atoms with Gasteiger partial charge in [0, 0.05) is 38.4 Å². The second-order valence-electron chi connectivity index (χ2n) is 7.46. The van der Waals surface area contributed by atoms with Crippen molar-refractivity contribution in [2.24, 2.45) is 0 Å². The molecule has 3 aromatic rings. The number of carbonyl (C=O) groups excluding carboxylic acids is 1. The molecule has 1 amide bonds. The zero-order chi connectivity index (χ0) is 20.5. The van der Waals surface area contributed by atoms with Gasteiger partial charge in [0.2, 0.25) is 5.88 Å². The minimum absolute atomic E-state index is 0.153. The Balaban J connectivity index is 1.29. The van der Waals surface area contributed by atoms with Gasteiger partial charge in [-0.2, -0.15) is 5.26 Å². The van der Waals surface area contributed by atoms with Gasteiger partial charge in [0.1, 0.15) is 0 Å². The molecule has 0 saturated carbocycles. The highest BCUT2D eigenvalue weighted by Gasteiger charge is 2.35. The van der Waals surface area contributed by atoms with Crippen LogP contribution in [0.3, 0.4) is 0 Å². The van der Waals surface area contributed by atoms with E-state index in [1.165, 1.54) is 34.5 Å². The first-order valence-electron chi connectivity index (χ1n) is 10.00. The molecule has 6 nitrogen and oxygen atoms in total. The van der Waals surface area contributed by atoms with Gasteiger partial charge in [-0.1, -0.05) is 48.5 Å². The average Bonchev–Trinajstić information content (AvgIpc) is 3.14. The zero-order valence-corrected chi connectivity index (χ0v) is 16.4. The summed E-state index contributed by atoms with van der Waals surface area (Å²) in [6, 6.07) is 22.4. The number of amides is 1. The highest BCUT2D eigenvalue weighted by molar-refractivity contribution is 5.78. The monoisotopic (exact) mass is 396 g/mol. The minimum Gasteiger partial charge on any atom is -0.391 e. The maximum Gasteiger partial charge on any atom is 0.416 e. The van der Waals surface area contributed by atoms with Crippen LogP contribution in [0.25, 0.3) is 11.1 Å². The Bertz CT molecular complexity index is 1100. The Morgan fingerprint density at radius 1 is 0.967 bits per heavy atom. The molecule has 1 aliphatic heterocycles. The van der Waals surface area contributed by atoms with Gasteiger partial charge in [-0.25, -0.2) is 9.78 Å². The molecule has 30 heavy (non-hydrogen) atoms. The fourth-order valence-corrected chi connectivity index (χ4v) is 4.37. The van der Waals surface area contributed by atoms with Gasteiger partial charge in [-0.15, -0.1) is 0 Å². The van der Waals surface area contributed by atoms with Crippen molar-refractivity contribution < 1.29 is 9.53 Å². The normalized spacial score (nSPS) is 15.9. The molecule has 2 aromatic carbocycles. The molecule has 0 radical (unpaired) electrons. The van der Waals surface area contributed by atoms with Crippen LogP contribution < -0.4 is 4.74 Å². The molecule has 0 N–H and O–H groups in total. The van der Waals surface area contributed by atoms with Crippen LogP contribution >= 0.6 is 0 Å². The summed E-state index contributed by atoms with van der Waals surface area (Å²) in [5, 5.41) is 8.98. The zero-order valence-electron chi connectivity index (χ0n) is 16.4. The van der Waals surface area contributed by atoms with Crippen molar-refractivity contribution in [1.82, 2.24) is 14.8 Å². The molecular formula is C24H20N4O2. The van der Waals surface area contributed by atoms with E-state index in [4.69, 9.17) is 10.00 Å². The van der Waals surface area contributed by atoms with Crippen molar-refractivity contribution in [3.63, 3.8) is 0 Å². The number of hydrogen-bond donors (Lipinski definition) is 0. The van der Waals surface area contributed by atoms with Gasteiger partial charge in [0.05, 0.1) is 17.7 Å². The van der Waals surface area contributed by atoms with E-state index >= 15 is 0 Å². The predicted molar refractivity (Wildman–Crippen MR) is 112 cm³/mol. The number of ether oxygens (including phenoxy) is 1. The van der Waals surface area contributed by atoms with Crippen molar-refractivity contribution in [1.29, 1.82) is 5.26 Å². The topological polar surface area (TPSA) is 69.5 Å². The molecule has 0 atom stereocenters. The second-order valence-corrected chi connectivity index (χ2v) is 7.46. The van der Waals surface area contributed by atoms with Crippen molar-refractivity contribution in [3.05, 3.63) is 83.6 Å². The number of benzene rings is 2. The molecule has 0 unspecified atom stereocenters. The van der Waals surface area contributed by atoms with Gasteiger partial charge >= 0.3 is 6.09 Å². The minimum atomic E-state index is -0.426. The summed E-state index contributed by atoms with van der Waals surface area (Å²) in [6.07, 6.45) is 1.04. The van der Waals surface area contributed by atoms with Crippen molar-refractivity contribution >= 4 is 6.09 Å². The van der Waals surface area contributed by atoms with Crippen LogP contribution in [0, 0.1) is 11.3 Å². The number of nitrogens with zero attached hydrogens (tertiary/aromatic N) is 4. The summed E-state index contributed by atoms with van der Waals surface area (Å²) in [6.45, 7) is 2.68. The number of piperazine rings is 1. The lowest BCUT2D eigenvalue weighted by Gasteiger charge is -2.38. The lowest BCUT2D eigenvalue weighted by atomic mass is 10.0. The number of pyridine rings is 1. The van der Waals surface area contributed by atoms with Crippen LogP contribution in [0.1, 0.15) is 22.7 Å². The van der Waals surface area contributed by atoms with Gasteiger partial charge in [-0.05, 0) is 28.3 Å². The van der Waals surface area contributed by atoms with E-state index in [0.29, 0.717) is 18.7 Å². The number of hydrogen-bond acceptors (Lipinski definition) is 5. The standard InChI is InChI=1S/C24H20N4O2/c25-16-17-9-10-26-22(15-17)30-24(29)28-13-11-27(12-14-28)23-20-7-3-1-5-18(20)19-6-2-4-8-21(19)23/h1-10,15,23H,11-14H2. The van der Waals surface area contributed by atoms with E-state index in [2.05, 4.69) is 58.4 Å². The van der Waals surface area contributed by atoms with Crippen LogP contribution in [-0.4, -0.2) is 47.1 Å². The summed E-state index contributed by atoms with van der Waals surface area (Å²) in [5.74, 6) is 0.153. The van der Waals surface area contributed by atoms with E-state index in [-0.39, 0.29) is 11.9 Å². The van der Waals surface area contributed by atoms with Crippen LogP contribution in [0.15, 0.2) is 66.9 Å². The molecule has 148 valence electrons. The predicted octanol–water partition coefficient (Wildman–Crippen LogP) is 3.84. The van der Waals surface area contributed by atoms with Crippen molar-refractivity contribution in [2.45, 2.75) is 6.04 Å². The number of nitriles is 1. The molecule has 6 heteroatoms. The molecule has 1 saturated heterocycles. The third-order valence-electron chi connectivity index (χ3n) is 5.79. The molecule has 1 aliphatic carbocycles. The highest BCUT2D eigenvalue weighted by atomic mass is 16.6. The SMILES string of the molecule is N#Cc1ccnc(OC(=O)N2CCN(C3c4ccccc4-c4ccccc43)CC2)c1. The van der Waals surface area contributed by atoms with E-state index in [1.807, 2.05) is 6.07 Å². The van der Waals surface area contributed by atoms with Crippen LogP contribution in [0.4, 0.5) is 4.79 Å². The first-order valence-corrected chi connectivity index (χ1v) is 10.00. The van der Waals surface area contributed by atoms with E-state index in [0.717, 1.165) is 13.1 Å². The summed E-state index contributed by atoms with van der Waals surface area (Å²) < 4.78 is 5.38. The second kappa shape index (κ2) is 7.62. The van der Waals surface area contributed by atoms with Crippen molar-refractivity contribution in [2.75, 3.05) is 26.2 Å². The maximum atomic E-state index is 12.6. The van der Waals surface area contributed by atoms with Crippen molar-refractivity contribution in [3.8, 4) is 23.1 Å². The Kier molecular flexibility index (Phi) is 4.66. The molecule has 2 heterocycles. The summed E-state index contributed by atoms with van der Waals surface area (Å²) in [5.41, 5.74) is 5.66. The molecular weight excluding hydrogens is 376 g/mol.